The van der Waals surface area contributed by atoms with E-state index in [1.807, 2.05) is 6.08 Å². The Bertz CT molecular complexity index is 739. The van der Waals surface area contributed by atoms with E-state index in [0.29, 0.717) is 25.7 Å². The lowest BCUT2D eigenvalue weighted by molar-refractivity contribution is -0.161. The summed E-state index contributed by atoms with van der Waals surface area (Å²) in [6.07, 6.45) is 17.9. The van der Waals surface area contributed by atoms with Crippen molar-refractivity contribution in [2.45, 2.75) is 167 Å². The third-order valence-electron chi connectivity index (χ3n) is 8.59. The third-order valence-corrected chi connectivity index (χ3v) is 8.59. The van der Waals surface area contributed by atoms with Crippen LogP contribution in [0.5, 0.6) is 0 Å². The Kier molecular flexibility index (Phi) is 22.8. The SMILES string of the molecule is CCCCC[C@H](O)/C=C/[C@@H]1[C@@H](CCCCCCC(=O)O[C@@H](CO)COC(=O)CCCCCCCCC(C)C)[C@@H](O)C[C@H]1O. The zero-order valence-corrected chi connectivity index (χ0v) is 27.5. The lowest BCUT2D eigenvalue weighted by Gasteiger charge is -2.21. The van der Waals surface area contributed by atoms with Gasteiger partial charge in [0.25, 0.3) is 0 Å². The molecule has 6 atom stereocenters. The second-order valence-corrected chi connectivity index (χ2v) is 13.0. The van der Waals surface area contributed by atoms with Gasteiger partial charge in [0.2, 0.25) is 0 Å². The molecule has 0 aromatic heterocycles. The number of aliphatic hydroxyl groups excluding tert-OH is 4. The van der Waals surface area contributed by atoms with E-state index in [0.717, 1.165) is 70.1 Å². The number of esters is 2. The van der Waals surface area contributed by atoms with Crippen molar-refractivity contribution in [3.05, 3.63) is 12.2 Å². The fourth-order valence-electron chi connectivity index (χ4n) is 5.89. The molecule has 1 aliphatic carbocycles. The van der Waals surface area contributed by atoms with Crippen molar-refractivity contribution in [2.75, 3.05) is 13.2 Å². The van der Waals surface area contributed by atoms with Crippen LogP contribution in [0.15, 0.2) is 12.2 Å². The smallest absolute Gasteiger partial charge is 0.306 e. The van der Waals surface area contributed by atoms with Crippen LogP contribution in [0, 0.1) is 17.8 Å². The summed E-state index contributed by atoms with van der Waals surface area (Å²) in [6.45, 7) is 6.09. The average Bonchev–Trinajstić information content (AvgIpc) is 3.24. The molecule has 1 saturated carbocycles. The van der Waals surface area contributed by atoms with Gasteiger partial charge in [-0.25, -0.2) is 0 Å². The highest BCUT2D eigenvalue weighted by Gasteiger charge is 2.39. The zero-order valence-electron chi connectivity index (χ0n) is 27.5. The van der Waals surface area contributed by atoms with Crippen LogP contribution in [0.1, 0.15) is 143 Å². The minimum absolute atomic E-state index is 0.0355. The van der Waals surface area contributed by atoms with Crippen LogP contribution < -0.4 is 0 Å². The monoisotopic (exact) mass is 612 g/mol. The van der Waals surface area contributed by atoms with Crippen molar-refractivity contribution >= 4 is 11.9 Å². The van der Waals surface area contributed by atoms with E-state index >= 15 is 0 Å². The molecule has 0 aliphatic heterocycles. The average molecular weight is 613 g/mol. The van der Waals surface area contributed by atoms with Gasteiger partial charge in [0.15, 0.2) is 6.10 Å². The topological polar surface area (TPSA) is 134 Å². The van der Waals surface area contributed by atoms with Crippen LogP contribution >= 0.6 is 0 Å². The van der Waals surface area contributed by atoms with E-state index < -0.39 is 37.0 Å². The number of hydrogen-bond donors (Lipinski definition) is 4. The van der Waals surface area contributed by atoms with Crippen molar-refractivity contribution in [2.24, 2.45) is 17.8 Å². The van der Waals surface area contributed by atoms with Gasteiger partial charge < -0.3 is 29.9 Å². The number of carbonyl (C=O) groups excluding carboxylic acids is 2. The number of rotatable bonds is 26. The maximum Gasteiger partial charge on any atom is 0.306 e. The molecule has 4 N–H and O–H groups in total. The molecule has 43 heavy (non-hydrogen) atoms. The second kappa shape index (κ2) is 24.8. The molecule has 0 spiro atoms. The molecule has 1 fully saturated rings. The van der Waals surface area contributed by atoms with Gasteiger partial charge in [-0.15, -0.1) is 0 Å². The van der Waals surface area contributed by atoms with Crippen LogP contribution in [-0.2, 0) is 19.1 Å². The molecule has 1 aliphatic rings. The first-order valence-electron chi connectivity index (χ1n) is 17.4. The van der Waals surface area contributed by atoms with E-state index in [-0.39, 0.29) is 30.8 Å². The van der Waals surface area contributed by atoms with E-state index in [1.165, 1.54) is 25.7 Å². The maximum absolute atomic E-state index is 12.2. The molecule has 8 heteroatoms. The number of ether oxygens (including phenoxy) is 2. The standard InChI is InChI=1S/C35H64O8/c1-4-5-12-18-28(37)22-23-31-30(32(38)24-33(31)39)19-14-10-11-16-21-35(41)43-29(25-36)26-42-34(40)20-15-9-7-6-8-13-17-27(2)3/h22-23,27-33,36-39H,4-21,24-26H2,1-3H3/b23-22+/t28-,29-,30+,31+,32-,33+/m0/s1. The molecule has 1 rings (SSSR count). The highest BCUT2D eigenvalue weighted by Crippen LogP contribution is 2.37. The van der Waals surface area contributed by atoms with Gasteiger partial charge in [-0.1, -0.05) is 110 Å². The Morgan fingerprint density at radius 1 is 0.814 bits per heavy atom. The lowest BCUT2D eigenvalue weighted by Crippen LogP contribution is -2.28. The third kappa shape index (κ3) is 19.5. The molecule has 252 valence electrons. The molecule has 0 aromatic carbocycles. The van der Waals surface area contributed by atoms with Crippen LogP contribution in [-0.4, -0.2) is 70.0 Å². The summed E-state index contributed by atoms with van der Waals surface area (Å²) in [5.74, 6) is -0.169. The van der Waals surface area contributed by atoms with Gasteiger partial charge in [0, 0.05) is 25.2 Å². The van der Waals surface area contributed by atoms with Gasteiger partial charge in [-0.2, -0.15) is 0 Å². The lowest BCUT2D eigenvalue weighted by atomic mass is 9.88. The van der Waals surface area contributed by atoms with Crippen molar-refractivity contribution in [3.8, 4) is 0 Å². The van der Waals surface area contributed by atoms with Crippen molar-refractivity contribution in [3.63, 3.8) is 0 Å². The number of aliphatic hydroxyl groups is 4. The zero-order chi connectivity index (χ0) is 31.9. The number of carbonyl (C=O) groups is 2. The van der Waals surface area contributed by atoms with Crippen LogP contribution in [0.2, 0.25) is 0 Å². The normalized spacial score (nSPS) is 21.9. The van der Waals surface area contributed by atoms with Crippen LogP contribution in [0.4, 0.5) is 0 Å². The fourth-order valence-corrected chi connectivity index (χ4v) is 5.89. The van der Waals surface area contributed by atoms with Crippen LogP contribution in [0.25, 0.3) is 0 Å². The minimum Gasteiger partial charge on any atom is -0.462 e. The molecule has 8 nitrogen and oxygen atoms in total. The minimum atomic E-state index is -0.845. The summed E-state index contributed by atoms with van der Waals surface area (Å²) in [5, 5.41) is 40.6. The largest absolute Gasteiger partial charge is 0.462 e. The summed E-state index contributed by atoms with van der Waals surface area (Å²) in [5.41, 5.74) is 0. The van der Waals surface area contributed by atoms with Gasteiger partial charge in [-0.05, 0) is 37.5 Å². The van der Waals surface area contributed by atoms with E-state index in [9.17, 15) is 30.0 Å². The molecule has 0 amide bonds. The Balaban J connectivity index is 2.17. The van der Waals surface area contributed by atoms with Gasteiger partial charge >= 0.3 is 11.9 Å². The van der Waals surface area contributed by atoms with E-state index in [4.69, 9.17) is 9.47 Å². The fraction of sp³-hybridized carbons (Fsp3) is 0.886. The van der Waals surface area contributed by atoms with Crippen molar-refractivity contribution in [1.82, 2.24) is 0 Å². The van der Waals surface area contributed by atoms with Crippen molar-refractivity contribution < 1.29 is 39.5 Å². The number of hydrogen-bond acceptors (Lipinski definition) is 8. The molecule has 0 radical (unpaired) electrons. The molecule has 0 saturated heterocycles. The van der Waals surface area contributed by atoms with Crippen molar-refractivity contribution in [1.29, 1.82) is 0 Å². The quantitative estimate of drug-likeness (QED) is 0.0501. The molecular formula is C35H64O8. The van der Waals surface area contributed by atoms with Crippen LogP contribution in [0.3, 0.4) is 0 Å². The predicted molar refractivity (Wildman–Crippen MR) is 170 cm³/mol. The first-order chi connectivity index (χ1) is 20.7. The Hall–Kier alpha value is -1.48. The van der Waals surface area contributed by atoms with Gasteiger partial charge in [-0.3, -0.25) is 9.59 Å². The Morgan fingerprint density at radius 3 is 2.07 bits per heavy atom. The second-order valence-electron chi connectivity index (χ2n) is 13.0. The molecule has 0 heterocycles. The van der Waals surface area contributed by atoms with Gasteiger partial charge in [0.05, 0.1) is 24.9 Å². The molecule has 0 aromatic rings. The molecule has 0 bridgehead atoms. The summed E-state index contributed by atoms with van der Waals surface area (Å²) < 4.78 is 10.5. The summed E-state index contributed by atoms with van der Waals surface area (Å²) in [7, 11) is 0. The predicted octanol–water partition coefficient (Wildman–Crippen LogP) is 6.41. The Morgan fingerprint density at radius 2 is 1.42 bits per heavy atom. The summed E-state index contributed by atoms with van der Waals surface area (Å²) in [4.78, 5) is 24.2. The highest BCUT2D eigenvalue weighted by atomic mass is 16.6. The maximum atomic E-state index is 12.2. The summed E-state index contributed by atoms with van der Waals surface area (Å²) in [6, 6.07) is 0. The van der Waals surface area contributed by atoms with E-state index in [2.05, 4.69) is 20.8 Å². The summed E-state index contributed by atoms with van der Waals surface area (Å²) >= 11 is 0. The first kappa shape index (κ1) is 39.5. The van der Waals surface area contributed by atoms with Gasteiger partial charge in [0.1, 0.15) is 6.61 Å². The van der Waals surface area contributed by atoms with E-state index in [1.54, 1.807) is 6.08 Å². The Labute approximate surface area is 261 Å². The highest BCUT2D eigenvalue weighted by molar-refractivity contribution is 5.70. The first-order valence-corrected chi connectivity index (χ1v) is 17.4. The number of unbranched alkanes of at least 4 members (excludes halogenated alkanes) is 10. The molecular weight excluding hydrogens is 548 g/mol. The molecule has 0 unspecified atom stereocenters.